The van der Waals surface area contributed by atoms with Gasteiger partial charge in [0.05, 0.1) is 13.2 Å². The minimum Gasteiger partial charge on any atom is -0.378 e. The van der Waals surface area contributed by atoms with Gasteiger partial charge < -0.3 is 15.0 Å². The van der Waals surface area contributed by atoms with Crippen molar-refractivity contribution >= 4 is 6.03 Å². The van der Waals surface area contributed by atoms with E-state index in [2.05, 4.69) is 26.1 Å². The quantitative estimate of drug-likeness (QED) is 0.501. The second-order valence-electron chi connectivity index (χ2n) is 7.57. The second-order valence-corrected chi connectivity index (χ2v) is 7.57. The number of nitrogens with one attached hydrogen (secondary N) is 1. The van der Waals surface area contributed by atoms with Gasteiger partial charge in [-0.2, -0.15) is 0 Å². The fourth-order valence-corrected chi connectivity index (χ4v) is 3.41. The van der Waals surface area contributed by atoms with Gasteiger partial charge >= 0.3 is 6.03 Å². The zero-order valence-electron chi connectivity index (χ0n) is 16.4. The van der Waals surface area contributed by atoms with E-state index in [1.165, 1.54) is 57.8 Å². The Bertz CT molecular complexity index is 330. The number of urea groups is 1. The lowest BCUT2D eigenvalue weighted by Gasteiger charge is -2.35. The van der Waals surface area contributed by atoms with Crippen LogP contribution in [0.1, 0.15) is 91.4 Å². The highest BCUT2D eigenvalue weighted by atomic mass is 16.5. The summed E-state index contributed by atoms with van der Waals surface area (Å²) < 4.78 is 5.35. The van der Waals surface area contributed by atoms with E-state index in [4.69, 9.17) is 4.74 Å². The predicted molar refractivity (Wildman–Crippen MR) is 101 cm³/mol. The summed E-state index contributed by atoms with van der Waals surface area (Å²) in [5.41, 5.74) is -0.0602. The molecule has 4 nitrogen and oxygen atoms in total. The van der Waals surface area contributed by atoms with Crippen LogP contribution in [0.25, 0.3) is 0 Å². The van der Waals surface area contributed by atoms with Gasteiger partial charge in [0.2, 0.25) is 0 Å². The van der Waals surface area contributed by atoms with Crippen molar-refractivity contribution in [3.8, 4) is 0 Å². The smallest absolute Gasteiger partial charge is 0.317 e. The molecule has 1 N–H and O–H groups in total. The van der Waals surface area contributed by atoms with Crippen molar-refractivity contribution < 1.29 is 9.53 Å². The number of hydrogen-bond acceptors (Lipinski definition) is 2. The number of hydrogen-bond donors (Lipinski definition) is 1. The lowest BCUT2D eigenvalue weighted by Crippen LogP contribution is -2.54. The van der Waals surface area contributed by atoms with Gasteiger partial charge in [0, 0.05) is 18.6 Å². The third-order valence-electron chi connectivity index (χ3n) is 5.12. The van der Waals surface area contributed by atoms with Crippen molar-refractivity contribution in [1.29, 1.82) is 0 Å². The average Bonchev–Trinajstić information content (AvgIpc) is 2.59. The highest BCUT2D eigenvalue weighted by molar-refractivity contribution is 5.75. The monoisotopic (exact) mass is 340 g/mol. The third kappa shape index (κ3) is 8.91. The Morgan fingerprint density at radius 2 is 1.42 bits per heavy atom. The third-order valence-corrected chi connectivity index (χ3v) is 5.12. The number of carbonyl (C=O) groups excluding carboxylic acids is 1. The number of ether oxygens (including phenoxy) is 1. The molecular formula is C20H40N2O2. The van der Waals surface area contributed by atoms with Crippen LogP contribution in [0.3, 0.4) is 0 Å². The van der Waals surface area contributed by atoms with E-state index in [0.29, 0.717) is 26.3 Å². The summed E-state index contributed by atoms with van der Waals surface area (Å²) in [4.78, 5) is 14.5. The van der Waals surface area contributed by atoms with Gasteiger partial charge in [-0.25, -0.2) is 4.79 Å². The predicted octanol–water partition coefficient (Wildman–Crippen LogP) is 5.12. The first-order valence-corrected chi connectivity index (χ1v) is 10.3. The molecule has 0 saturated carbocycles. The SMILES string of the molecule is CCCCCCCC(C)(CCCCCC)NC(=O)N1CCOCC1. The first-order valence-electron chi connectivity index (χ1n) is 10.3. The normalized spacial score (nSPS) is 17.5. The molecular weight excluding hydrogens is 300 g/mol. The van der Waals surface area contributed by atoms with Crippen molar-refractivity contribution in [3.63, 3.8) is 0 Å². The van der Waals surface area contributed by atoms with Crippen molar-refractivity contribution in [3.05, 3.63) is 0 Å². The summed E-state index contributed by atoms with van der Waals surface area (Å²) >= 11 is 0. The number of rotatable bonds is 12. The highest BCUT2D eigenvalue weighted by Gasteiger charge is 2.28. The molecule has 0 spiro atoms. The largest absolute Gasteiger partial charge is 0.378 e. The maximum atomic E-state index is 12.6. The average molecular weight is 341 g/mol. The minimum absolute atomic E-state index is 0.0602. The molecule has 0 aromatic carbocycles. The Labute approximate surface area is 149 Å². The molecule has 2 amide bonds. The van der Waals surface area contributed by atoms with Gasteiger partial charge in [0.25, 0.3) is 0 Å². The molecule has 1 fully saturated rings. The number of nitrogens with zero attached hydrogens (tertiary/aromatic N) is 1. The Morgan fingerprint density at radius 1 is 0.917 bits per heavy atom. The van der Waals surface area contributed by atoms with Crippen LogP contribution in [-0.4, -0.2) is 42.8 Å². The molecule has 1 atom stereocenters. The Hall–Kier alpha value is -0.770. The van der Waals surface area contributed by atoms with E-state index < -0.39 is 0 Å². The molecule has 1 aliphatic heterocycles. The molecule has 0 bridgehead atoms. The number of morpholine rings is 1. The summed E-state index contributed by atoms with van der Waals surface area (Å²) in [5, 5.41) is 3.36. The summed E-state index contributed by atoms with van der Waals surface area (Å²) in [7, 11) is 0. The Morgan fingerprint density at radius 3 is 1.96 bits per heavy atom. The summed E-state index contributed by atoms with van der Waals surface area (Å²) in [6.45, 7) is 9.50. The van der Waals surface area contributed by atoms with Gasteiger partial charge in [-0.15, -0.1) is 0 Å². The zero-order valence-corrected chi connectivity index (χ0v) is 16.4. The van der Waals surface area contributed by atoms with Gasteiger partial charge in [0.1, 0.15) is 0 Å². The van der Waals surface area contributed by atoms with E-state index in [1.54, 1.807) is 0 Å². The van der Waals surface area contributed by atoms with Crippen LogP contribution in [0.4, 0.5) is 4.79 Å². The van der Waals surface area contributed by atoms with Crippen molar-refractivity contribution in [2.24, 2.45) is 0 Å². The molecule has 1 saturated heterocycles. The molecule has 142 valence electrons. The van der Waals surface area contributed by atoms with E-state index in [1.807, 2.05) is 4.90 Å². The fraction of sp³-hybridized carbons (Fsp3) is 0.950. The standard InChI is InChI=1S/C20H40N2O2/c1-4-6-8-10-12-14-20(3,13-11-9-7-5-2)21-19(23)22-15-17-24-18-16-22/h4-18H2,1-3H3,(H,21,23). The minimum atomic E-state index is -0.0602. The zero-order chi connectivity index (χ0) is 17.7. The molecule has 0 radical (unpaired) electrons. The van der Waals surface area contributed by atoms with Crippen molar-refractivity contribution in [2.75, 3.05) is 26.3 Å². The van der Waals surface area contributed by atoms with Gasteiger partial charge in [-0.1, -0.05) is 71.6 Å². The molecule has 0 aromatic heterocycles. The van der Waals surface area contributed by atoms with Crippen LogP contribution in [0.5, 0.6) is 0 Å². The molecule has 1 rings (SSSR count). The van der Waals surface area contributed by atoms with Crippen LogP contribution in [0.2, 0.25) is 0 Å². The molecule has 1 heterocycles. The lowest BCUT2D eigenvalue weighted by atomic mass is 9.88. The lowest BCUT2D eigenvalue weighted by molar-refractivity contribution is 0.0506. The van der Waals surface area contributed by atoms with Crippen molar-refractivity contribution in [1.82, 2.24) is 10.2 Å². The van der Waals surface area contributed by atoms with Crippen LogP contribution in [-0.2, 0) is 4.74 Å². The van der Waals surface area contributed by atoms with Gasteiger partial charge in [-0.05, 0) is 19.8 Å². The summed E-state index contributed by atoms with van der Waals surface area (Å²) in [5.74, 6) is 0. The number of unbranched alkanes of at least 4 members (excludes halogenated alkanes) is 7. The van der Waals surface area contributed by atoms with Crippen LogP contribution in [0, 0.1) is 0 Å². The molecule has 1 unspecified atom stereocenters. The van der Waals surface area contributed by atoms with Gasteiger partial charge in [-0.3, -0.25) is 0 Å². The van der Waals surface area contributed by atoms with Crippen LogP contribution >= 0.6 is 0 Å². The maximum Gasteiger partial charge on any atom is 0.317 e. The maximum absolute atomic E-state index is 12.6. The molecule has 0 aromatic rings. The topological polar surface area (TPSA) is 41.6 Å². The van der Waals surface area contributed by atoms with Gasteiger partial charge in [0.15, 0.2) is 0 Å². The second kappa shape index (κ2) is 12.6. The Kier molecular flexibility index (Phi) is 11.1. The van der Waals surface area contributed by atoms with Crippen LogP contribution < -0.4 is 5.32 Å². The molecule has 4 heteroatoms. The number of amides is 2. The first kappa shape index (κ1) is 21.3. The van der Waals surface area contributed by atoms with E-state index in [-0.39, 0.29) is 11.6 Å². The van der Waals surface area contributed by atoms with E-state index >= 15 is 0 Å². The van der Waals surface area contributed by atoms with E-state index in [0.717, 1.165) is 12.8 Å². The molecule has 24 heavy (non-hydrogen) atoms. The Balaban J connectivity index is 2.46. The van der Waals surface area contributed by atoms with E-state index in [9.17, 15) is 4.79 Å². The first-order chi connectivity index (χ1) is 11.6. The fourth-order valence-electron chi connectivity index (χ4n) is 3.41. The van der Waals surface area contributed by atoms with Crippen LogP contribution in [0.15, 0.2) is 0 Å². The highest BCUT2D eigenvalue weighted by Crippen LogP contribution is 2.23. The summed E-state index contributed by atoms with van der Waals surface area (Å²) in [6, 6.07) is 0.102. The molecule has 0 aliphatic carbocycles. The van der Waals surface area contributed by atoms with Crippen molar-refractivity contribution in [2.45, 2.75) is 96.9 Å². The number of carbonyl (C=O) groups is 1. The molecule has 1 aliphatic rings. The summed E-state index contributed by atoms with van der Waals surface area (Å²) in [6.07, 6.45) is 13.7.